The molecule has 4 rings (SSSR count). The van der Waals surface area contributed by atoms with Crippen molar-refractivity contribution in [2.24, 2.45) is 0 Å². The summed E-state index contributed by atoms with van der Waals surface area (Å²) >= 11 is 0. The van der Waals surface area contributed by atoms with Gasteiger partial charge in [-0.1, -0.05) is 19.1 Å². The quantitative estimate of drug-likeness (QED) is 0.697. The second-order valence-electron chi connectivity index (χ2n) is 6.73. The van der Waals surface area contributed by atoms with E-state index in [2.05, 4.69) is 43.8 Å². The van der Waals surface area contributed by atoms with Crippen LogP contribution in [0.25, 0.3) is 11.5 Å². The molecule has 6 nitrogen and oxygen atoms in total. The predicted molar refractivity (Wildman–Crippen MR) is 106 cm³/mol. The molecule has 1 fully saturated rings. The molecule has 1 aliphatic heterocycles. The topological polar surface area (TPSA) is 58.0 Å². The minimum Gasteiger partial charge on any atom is -0.354 e. The third-order valence-corrected chi connectivity index (χ3v) is 4.85. The van der Waals surface area contributed by atoms with E-state index < -0.39 is 0 Å². The average Bonchev–Trinajstić information content (AvgIpc) is 2.75. The molecule has 3 aromatic heterocycles. The summed E-state index contributed by atoms with van der Waals surface area (Å²) in [6.07, 6.45) is 6.44. The maximum absolute atomic E-state index is 4.81. The van der Waals surface area contributed by atoms with Gasteiger partial charge in [0.05, 0.1) is 0 Å². The highest BCUT2D eigenvalue weighted by Gasteiger charge is 2.19. The van der Waals surface area contributed by atoms with E-state index in [1.807, 2.05) is 36.7 Å². The Morgan fingerprint density at radius 2 is 1.85 bits per heavy atom. The molecule has 0 bridgehead atoms. The second kappa shape index (κ2) is 8.22. The Morgan fingerprint density at radius 1 is 0.963 bits per heavy atom. The summed E-state index contributed by atoms with van der Waals surface area (Å²) in [5.74, 6) is 1.71. The van der Waals surface area contributed by atoms with E-state index in [9.17, 15) is 0 Å². The first-order valence-corrected chi connectivity index (χ1v) is 9.47. The number of rotatable bonds is 5. The van der Waals surface area contributed by atoms with E-state index >= 15 is 0 Å². The van der Waals surface area contributed by atoms with Crippen molar-refractivity contribution in [2.45, 2.75) is 19.9 Å². The second-order valence-corrected chi connectivity index (χ2v) is 6.73. The molecule has 3 aromatic rings. The van der Waals surface area contributed by atoms with Gasteiger partial charge in [0.25, 0.3) is 0 Å². The molecule has 1 saturated heterocycles. The fraction of sp³-hybridized carbons (Fsp3) is 0.333. The lowest BCUT2D eigenvalue weighted by Gasteiger charge is -2.35. The number of aromatic nitrogens is 4. The molecule has 0 saturated carbocycles. The van der Waals surface area contributed by atoms with Crippen molar-refractivity contribution in [3.63, 3.8) is 0 Å². The van der Waals surface area contributed by atoms with E-state index in [-0.39, 0.29) is 0 Å². The summed E-state index contributed by atoms with van der Waals surface area (Å²) in [6.45, 7) is 7.02. The first kappa shape index (κ1) is 17.5. The lowest BCUT2D eigenvalue weighted by atomic mass is 10.2. The smallest absolute Gasteiger partial charge is 0.180 e. The highest BCUT2D eigenvalue weighted by Crippen LogP contribution is 2.20. The highest BCUT2D eigenvalue weighted by atomic mass is 15.3. The highest BCUT2D eigenvalue weighted by molar-refractivity contribution is 5.54. The Hall–Kier alpha value is -2.86. The van der Waals surface area contributed by atoms with E-state index in [4.69, 9.17) is 4.98 Å². The maximum atomic E-state index is 4.81. The molecular weight excluding hydrogens is 336 g/mol. The molecule has 27 heavy (non-hydrogen) atoms. The number of pyridine rings is 2. The number of piperazine rings is 1. The molecule has 0 amide bonds. The summed E-state index contributed by atoms with van der Waals surface area (Å²) < 4.78 is 0. The third kappa shape index (κ3) is 4.28. The third-order valence-electron chi connectivity index (χ3n) is 4.85. The van der Waals surface area contributed by atoms with Gasteiger partial charge in [-0.25, -0.2) is 9.97 Å². The molecule has 0 radical (unpaired) electrons. The van der Waals surface area contributed by atoms with Gasteiger partial charge in [0.2, 0.25) is 0 Å². The molecule has 0 unspecified atom stereocenters. The normalized spacial score (nSPS) is 15.1. The summed E-state index contributed by atoms with van der Waals surface area (Å²) in [5.41, 5.74) is 3.14. The zero-order valence-electron chi connectivity index (χ0n) is 15.6. The van der Waals surface area contributed by atoms with Gasteiger partial charge in [-0.3, -0.25) is 14.9 Å². The largest absolute Gasteiger partial charge is 0.354 e. The minimum absolute atomic E-state index is 0.711. The Morgan fingerprint density at radius 3 is 2.56 bits per heavy atom. The van der Waals surface area contributed by atoms with E-state index in [1.165, 1.54) is 5.56 Å². The molecule has 4 heterocycles. The van der Waals surface area contributed by atoms with Gasteiger partial charge in [-0.05, 0) is 30.2 Å². The standard InChI is InChI=1S/C21H24N6/c1-2-18-14-20(25-21(24-18)19-7-3-4-9-23-19)27-12-10-26(11-13-27)16-17-6-5-8-22-15-17/h3-9,14-15H,2,10-13,16H2,1H3. The van der Waals surface area contributed by atoms with Crippen LogP contribution in [-0.4, -0.2) is 51.0 Å². The molecule has 0 N–H and O–H groups in total. The molecular formula is C21H24N6. The van der Waals surface area contributed by atoms with Gasteiger partial charge in [0, 0.05) is 63.1 Å². The van der Waals surface area contributed by atoms with Crippen molar-refractivity contribution in [3.8, 4) is 11.5 Å². The lowest BCUT2D eigenvalue weighted by molar-refractivity contribution is 0.249. The summed E-state index contributed by atoms with van der Waals surface area (Å²) in [5, 5.41) is 0. The van der Waals surface area contributed by atoms with Crippen molar-refractivity contribution in [2.75, 3.05) is 31.1 Å². The van der Waals surface area contributed by atoms with Crippen LogP contribution in [0, 0.1) is 0 Å². The van der Waals surface area contributed by atoms with Crippen molar-refractivity contribution in [1.29, 1.82) is 0 Å². The van der Waals surface area contributed by atoms with Crippen LogP contribution in [0.3, 0.4) is 0 Å². The zero-order valence-corrected chi connectivity index (χ0v) is 15.6. The Balaban J connectivity index is 1.48. The van der Waals surface area contributed by atoms with Gasteiger partial charge in [0.15, 0.2) is 5.82 Å². The number of hydrogen-bond donors (Lipinski definition) is 0. The van der Waals surface area contributed by atoms with Crippen LogP contribution in [0.2, 0.25) is 0 Å². The van der Waals surface area contributed by atoms with Crippen molar-refractivity contribution in [3.05, 3.63) is 66.2 Å². The van der Waals surface area contributed by atoms with Crippen molar-refractivity contribution < 1.29 is 0 Å². The lowest BCUT2D eigenvalue weighted by Crippen LogP contribution is -2.46. The number of aryl methyl sites for hydroxylation is 1. The number of anilines is 1. The van der Waals surface area contributed by atoms with Gasteiger partial charge in [-0.2, -0.15) is 0 Å². The van der Waals surface area contributed by atoms with Gasteiger partial charge < -0.3 is 4.90 Å². The number of hydrogen-bond acceptors (Lipinski definition) is 6. The van der Waals surface area contributed by atoms with Crippen LogP contribution in [0.15, 0.2) is 55.0 Å². The minimum atomic E-state index is 0.711. The fourth-order valence-corrected chi connectivity index (χ4v) is 3.32. The van der Waals surface area contributed by atoms with E-state index in [0.29, 0.717) is 5.82 Å². The molecule has 1 aliphatic rings. The maximum Gasteiger partial charge on any atom is 0.180 e. The summed E-state index contributed by atoms with van der Waals surface area (Å²) in [6, 6.07) is 12.1. The first-order valence-electron chi connectivity index (χ1n) is 9.47. The van der Waals surface area contributed by atoms with Crippen LogP contribution < -0.4 is 4.90 Å². The average molecular weight is 360 g/mol. The van der Waals surface area contributed by atoms with Gasteiger partial charge in [-0.15, -0.1) is 0 Å². The van der Waals surface area contributed by atoms with Gasteiger partial charge >= 0.3 is 0 Å². The van der Waals surface area contributed by atoms with E-state index in [1.54, 1.807) is 6.20 Å². The molecule has 6 heteroatoms. The summed E-state index contributed by atoms with van der Waals surface area (Å²) in [7, 11) is 0. The predicted octanol–water partition coefficient (Wildman–Crippen LogP) is 2.82. The van der Waals surface area contributed by atoms with Crippen LogP contribution in [0.5, 0.6) is 0 Å². The molecule has 138 valence electrons. The zero-order chi connectivity index (χ0) is 18.5. The van der Waals surface area contributed by atoms with Crippen LogP contribution in [-0.2, 0) is 13.0 Å². The number of nitrogens with zero attached hydrogens (tertiary/aromatic N) is 6. The summed E-state index contributed by atoms with van der Waals surface area (Å²) in [4.78, 5) is 22.9. The Bertz CT molecular complexity index is 860. The fourth-order valence-electron chi connectivity index (χ4n) is 3.32. The van der Waals surface area contributed by atoms with Crippen LogP contribution in [0.1, 0.15) is 18.2 Å². The molecule has 0 aromatic carbocycles. The Kier molecular flexibility index (Phi) is 5.34. The SMILES string of the molecule is CCc1cc(N2CCN(Cc3cccnc3)CC2)nc(-c2ccccn2)n1. The first-order chi connectivity index (χ1) is 13.3. The monoisotopic (exact) mass is 360 g/mol. The molecule has 0 aliphatic carbocycles. The van der Waals surface area contributed by atoms with E-state index in [0.717, 1.165) is 56.4 Å². The van der Waals surface area contributed by atoms with Crippen LogP contribution >= 0.6 is 0 Å². The molecule has 0 atom stereocenters. The Labute approximate surface area is 159 Å². The van der Waals surface area contributed by atoms with Crippen molar-refractivity contribution in [1.82, 2.24) is 24.8 Å². The van der Waals surface area contributed by atoms with Crippen LogP contribution in [0.4, 0.5) is 5.82 Å². The van der Waals surface area contributed by atoms with Crippen molar-refractivity contribution >= 4 is 5.82 Å². The van der Waals surface area contributed by atoms with Gasteiger partial charge in [0.1, 0.15) is 11.5 Å². The molecule has 0 spiro atoms.